The third-order valence-electron chi connectivity index (χ3n) is 6.26. The van der Waals surface area contributed by atoms with E-state index in [2.05, 4.69) is 14.8 Å². The summed E-state index contributed by atoms with van der Waals surface area (Å²) in [4.78, 5) is 12.9. The molecule has 5 rings (SSSR count). The van der Waals surface area contributed by atoms with Gasteiger partial charge in [-0.25, -0.2) is 16.8 Å². The van der Waals surface area contributed by atoms with E-state index >= 15 is 0 Å². The van der Waals surface area contributed by atoms with Gasteiger partial charge in [0.05, 0.1) is 26.2 Å². The molecule has 0 saturated carbocycles. The van der Waals surface area contributed by atoms with Gasteiger partial charge in [0.25, 0.3) is 26.0 Å². The first-order valence-electron chi connectivity index (χ1n) is 12.3. The molecule has 41 heavy (non-hydrogen) atoms. The van der Waals surface area contributed by atoms with Crippen LogP contribution in [0, 0.1) is 6.92 Å². The lowest BCUT2D eigenvalue weighted by molar-refractivity contribution is 0.102. The largest absolute Gasteiger partial charge is 0.322 e. The zero-order chi connectivity index (χ0) is 29.2. The Morgan fingerprint density at radius 1 is 0.659 bits per heavy atom. The minimum absolute atomic E-state index is 0.0247. The summed E-state index contributed by atoms with van der Waals surface area (Å²) in [6, 6.07) is 29.1. The summed E-state index contributed by atoms with van der Waals surface area (Å²) in [6.07, 6.45) is 0. The first-order valence-corrected chi connectivity index (χ1v) is 15.7. The van der Waals surface area contributed by atoms with E-state index in [1.807, 2.05) is 37.3 Å². The predicted octanol–water partition coefficient (Wildman–Crippen LogP) is 6.66. The van der Waals surface area contributed by atoms with Gasteiger partial charge >= 0.3 is 0 Å². The number of amides is 1. The van der Waals surface area contributed by atoms with Crippen LogP contribution in [0.25, 0.3) is 10.8 Å². The molecular formula is C30H24ClN3O5S2. The van der Waals surface area contributed by atoms with E-state index in [0.717, 1.165) is 16.3 Å². The van der Waals surface area contributed by atoms with Crippen LogP contribution in [0.2, 0.25) is 5.02 Å². The first-order chi connectivity index (χ1) is 19.5. The van der Waals surface area contributed by atoms with Crippen molar-refractivity contribution in [2.45, 2.75) is 16.7 Å². The second kappa shape index (κ2) is 11.2. The SMILES string of the molecule is Cc1ccc(S(=O)(=O)Nc2ccc(C(=O)Nc3ccc(S(=O)(=O)Nc4cccc5ccccc45)cc3)cc2Cl)cc1. The van der Waals surface area contributed by atoms with Crippen LogP contribution in [0.4, 0.5) is 17.1 Å². The summed E-state index contributed by atoms with van der Waals surface area (Å²) in [6.45, 7) is 1.85. The van der Waals surface area contributed by atoms with Gasteiger partial charge in [0, 0.05) is 16.6 Å². The van der Waals surface area contributed by atoms with Gasteiger partial charge in [0.2, 0.25) is 0 Å². The van der Waals surface area contributed by atoms with E-state index in [0.29, 0.717) is 11.4 Å². The summed E-state index contributed by atoms with van der Waals surface area (Å²) < 4.78 is 56.5. The third-order valence-corrected chi connectivity index (χ3v) is 9.34. The van der Waals surface area contributed by atoms with E-state index < -0.39 is 26.0 Å². The monoisotopic (exact) mass is 605 g/mol. The number of hydrogen-bond acceptors (Lipinski definition) is 5. The molecule has 0 aliphatic heterocycles. The van der Waals surface area contributed by atoms with Gasteiger partial charge in [-0.05, 0) is 73.0 Å². The molecule has 3 N–H and O–H groups in total. The summed E-state index contributed by atoms with van der Waals surface area (Å²) in [7, 11) is -7.76. The lowest BCUT2D eigenvalue weighted by Gasteiger charge is -2.12. The van der Waals surface area contributed by atoms with Gasteiger partial charge in [-0.2, -0.15) is 0 Å². The Morgan fingerprint density at radius 3 is 1.90 bits per heavy atom. The molecule has 0 atom stereocenters. The molecule has 208 valence electrons. The Labute approximate surface area is 243 Å². The molecule has 11 heteroatoms. The summed E-state index contributed by atoms with van der Waals surface area (Å²) in [5, 5.41) is 4.40. The Morgan fingerprint density at radius 2 is 1.24 bits per heavy atom. The molecule has 5 aromatic carbocycles. The Balaban J connectivity index is 1.27. The van der Waals surface area contributed by atoms with E-state index in [1.165, 1.54) is 54.6 Å². The van der Waals surface area contributed by atoms with Crippen molar-refractivity contribution in [2.24, 2.45) is 0 Å². The molecular weight excluding hydrogens is 582 g/mol. The van der Waals surface area contributed by atoms with Crippen molar-refractivity contribution >= 4 is 65.4 Å². The van der Waals surface area contributed by atoms with E-state index in [9.17, 15) is 21.6 Å². The zero-order valence-electron chi connectivity index (χ0n) is 21.6. The third kappa shape index (κ3) is 6.35. The number of halogens is 1. The second-order valence-electron chi connectivity index (χ2n) is 9.22. The number of nitrogens with one attached hydrogen (secondary N) is 3. The van der Waals surface area contributed by atoms with E-state index in [1.54, 1.807) is 24.3 Å². The van der Waals surface area contributed by atoms with E-state index in [4.69, 9.17) is 11.6 Å². The molecule has 8 nitrogen and oxygen atoms in total. The number of hydrogen-bond donors (Lipinski definition) is 3. The lowest BCUT2D eigenvalue weighted by Crippen LogP contribution is -2.15. The van der Waals surface area contributed by atoms with Crippen molar-refractivity contribution in [1.29, 1.82) is 0 Å². The Bertz CT molecular complexity index is 1970. The molecule has 0 saturated heterocycles. The van der Waals surface area contributed by atoms with Gasteiger partial charge in [-0.3, -0.25) is 14.2 Å². The van der Waals surface area contributed by atoms with Gasteiger partial charge in [0.15, 0.2) is 0 Å². The molecule has 1 amide bonds. The predicted molar refractivity (Wildman–Crippen MR) is 163 cm³/mol. The molecule has 0 bridgehead atoms. The molecule has 0 aliphatic carbocycles. The Hall–Kier alpha value is -4.38. The quantitative estimate of drug-likeness (QED) is 0.183. The number of benzene rings is 5. The van der Waals surface area contributed by atoms with Crippen LogP contribution in [0.5, 0.6) is 0 Å². The van der Waals surface area contributed by atoms with Gasteiger partial charge in [-0.1, -0.05) is 65.7 Å². The Kier molecular flexibility index (Phi) is 7.72. The smallest absolute Gasteiger partial charge is 0.261 e. The van der Waals surface area contributed by atoms with Crippen molar-refractivity contribution in [2.75, 3.05) is 14.8 Å². The maximum atomic E-state index is 13.0. The number of carbonyl (C=O) groups is 1. The summed E-state index contributed by atoms with van der Waals surface area (Å²) in [5.41, 5.74) is 2.05. The van der Waals surface area contributed by atoms with Gasteiger partial charge < -0.3 is 5.32 Å². The first kappa shape index (κ1) is 28.2. The van der Waals surface area contributed by atoms with Crippen LogP contribution < -0.4 is 14.8 Å². The highest BCUT2D eigenvalue weighted by Gasteiger charge is 2.18. The maximum absolute atomic E-state index is 13.0. The van der Waals surface area contributed by atoms with Gasteiger partial charge in [0.1, 0.15) is 0 Å². The molecule has 0 unspecified atom stereocenters. The molecule has 0 aromatic heterocycles. The topological polar surface area (TPSA) is 121 Å². The highest BCUT2D eigenvalue weighted by atomic mass is 35.5. The van der Waals surface area contributed by atoms with Crippen LogP contribution in [-0.4, -0.2) is 22.7 Å². The number of fused-ring (bicyclic) bond motifs is 1. The number of rotatable bonds is 8. The van der Waals surface area contributed by atoms with Gasteiger partial charge in [-0.15, -0.1) is 0 Å². The molecule has 0 heterocycles. The van der Waals surface area contributed by atoms with E-state index in [-0.39, 0.29) is 26.1 Å². The van der Waals surface area contributed by atoms with Crippen LogP contribution in [0.15, 0.2) is 119 Å². The van der Waals surface area contributed by atoms with Crippen molar-refractivity contribution in [3.63, 3.8) is 0 Å². The van der Waals surface area contributed by atoms with Crippen LogP contribution in [0.1, 0.15) is 15.9 Å². The summed E-state index contributed by atoms with van der Waals surface area (Å²) in [5.74, 6) is -0.510. The van der Waals surface area contributed by atoms with Crippen molar-refractivity contribution in [1.82, 2.24) is 0 Å². The van der Waals surface area contributed by atoms with Crippen LogP contribution >= 0.6 is 11.6 Å². The van der Waals surface area contributed by atoms with Crippen LogP contribution in [-0.2, 0) is 20.0 Å². The maximum Gasteiger partial charge on any atom is 0.261 e. The summed E-state index contributed by atoms with van der Waals surface area (Å²) >= 11 is 6.29. The fourth-order valence-electron chi connectivity index (χ4n) is 4.10. The van der Waals surface area contributed by atoms with Crippen molar-refractivity contribution < 1.29 is 21.6 Å². The fourth-order valence-corrected chi connectivity index (χ4v) is 6.54. The molecule has 0 aliphatic rings. The highest BCUT2D eigenvalue weighted by molar-refractivity contribution is 7.93. The van der Waals surface area contributed by atoms with Crippen molar-refractivity contribution in [3.05, 3.63) is 125 Å². The zero-order valence-corrected chi connectivity index (χ0v) is 24.0. The van der Waals surface area contributed by atoms with Crippen molar-refractivity contribution in [3.8, 4) is 0 Å². The molecule has 0 fully saturated rings. The minimum atomic E-state index is -3.89. The highest BCUT2D eigenvalue weighted by Crippen LogP contribution is 2.28. The number of carbonyl (C=O) groups excluding carboxylic acids is 1. The average Bonchev–Trinajstić information content (AvgIpc) is 2.94. The van der Waals surface area contributed by atoms with Crippen LogP contribution in [0.3, 0.4) is 0 Å². The fraction of sp³-hybridized carbons (Fsp3) is 0.0333. The minimum Gasteiger partial charge on any atom is -0.322 e. The lowest BCUT2D eigenvalue weighted by atomic mass is 10.1. The normalized spacial score (nSPS) is 11.7. The number of anilines is 3. The number of aryl methyl sites for hydroxylation is 1. The second-order valence-corrected chi connectivity index (χ2v) is 13.0. The molecule has 0 spiro atoms. The molecule has 5 aromatic rings. The standard InChI is InChI=1S/C30H24ClN3O5S2/c1-20-9-14-24(15-10-20)41(38,39)34-29-18-11-22(19-27(29)31)30(35)32-23-12-16-25(17-13-23)40(36,37)33-28-8-4-6-21-5-2-3-7-26(21)28/h2-19,33-34H,1H3,(H,32,35). The number of sulfonamides is 2. The average molecular weight is 606 g/mol. The molecule has 0 radical (unpaired) electrons.